The fourth-order valence-electron chi connectivity index (χ4n) is 1.79. The van der Waals surface area contributed by atoms with Gasteiger partial charge in [0.25, 0.3) is 0 Å². The molecule has 0 aliphatic rings. The molecule has 0 saturated heterocycles. The molecule has 0 amide bonds. The largest absolute Gasteiger partial charge is 0.349 e. The van der Waals surface area contributed by atoms with Crippen LogP contribution in [-0.4, -0.2) is 25.6 Å². The zero-order chi connectivity index (χ0) is 12.8. The highest BCUT2D eigenvalue weighted by Crippen LogP contribution is 2.01. The van der Waals surface area contributed by atoms with Crippen LogP contribution >= 0.6 is 0 Å². The van der Waals surface area contributed by atoms with Gasteiger partial charge < -0.3 is 14.9 Å². The monoisotopic (exact) mass is 247 g/mol. The van der Waals surface area contributed by atoms with Crippen LogP contribution in [-0.2, 0) is 19.5 Å². The topological polar surface area (TPSA) is 58.5 Å². The van der Waals surface area contributed by atoms with Gasteiger partial charge in [-0.15, -0.1) is 0 Å². The van der Waals surface area contributed by atoms with Gasteiger partial charge in [0, 0.05) is 44.1 Å². The number of hydrogen-bond donors (Lipinski definition) is 2. The Morgan fingerprint density at radius 2 is 2.28 bits per heavy atom. The number of aryl methyl sites for hydroxylation is 2. The third kappa shape index (κ3) is 4.00. The smallest absolute Gasteiger partial charge is 0.106 e. The van der Waals surface area contributed by atoms with Crippen molar-refractivity contribution in [1.29, 1.82) is 0 Å². The summed E-state index contributed by atoms with van der Waals surface area (Å²) in [5.41, 5.74) is 1.10. The highest BCUT2D eigenvalue weighted by atomic mass is 15.0. The van der Waals surface area contributed by atoms with E-state index in [0.717, 1.165) is 37.4 Å². The van der Waals surface area contributed by atoms with E-state index in [1.54, 1.807) is 6.20 Å². The van der Waals surface area contributed by atoms with Crippen molar-refractivity contribution < 1.29 is 0 Å². The van der Waals surface area contributed by atoms with Crippen molar-refractivity contribution in [2.75, 3.05) is 0 Å². The van der Waals surface area contributed by atoms with Crippen LogP contribution in [0.1, 0.15) is 31.8 Å². The molecule has 0 radical (unpaired) electrons. The number of nitrogens with one attached hydrogen (secondary N) is 2. The Labute approximate surface area is 108 Å². The standard InChI is InChI=1S/C13H21N5/c1-11(2)16-8-12-9-18(10-17-12)7-3-4-13-14-5-6-15-13/h5-6,9-11,16H,3-4,7-8H2,1-2H3,(H,14,15). The summed E-state index contributed by atoms with van der Waals surface area (Å²) in [6.07, 6.45) is 9.72. The summed E-state index contributed by atoms with van der Waals surface area (Å²) in [6.45, 7) is 6.10. The Kier molecular flexibility index (Phi) is 4.52. The zero-order valence-corrected chi connectivity index (χ0v) is 11.1. The Morgan fingerprint density at radius 3 is 3.00 bits per heavy atom. The molecule has 98 valence electrons. The first-order valence-electron chi connectivity index (χ1n) is 6.46. The van der Waals surface area contributed by atoms with Crippen molar-refractivity contribution >= 4 is 0 Å². The van der Waals surface area contributed by atoms with Gasteiger partial charge in [-0.3, -0.25) is 0 Å². The van der Waals surface area contributed by atoms with Gasteiger partial charge in [-0.1, -0.05) is 13.8 Å². The summed E-state index contributed by atoms with van der Waals surface area (Å²) >= 11 is 0. The van der Waals surface area contributed by atoms with Crippen LogP contribution in [0, 0.1) is 0 Å². The number of rotatable bonds is 7. The number of H-pyrrole nitrogens is 1. The quantitative estimate of drug-likeness (QED) is 0.783. The van der Waals surface area contributed by atoms with Crippen molar-refractivity contribution in [3.63, 3.8) is 0 Å². The number of aromatic nitrogens is 4. The molecule has 5 nitrogen and oxygen atoms in total. The van der Waals surface area contributed by atoms with E-state index in [2.05, 4.69) is 44.9 Å². The van der Waals surface area contributed by atoms with Gasteiger partial charge in [0.15, 0.2) is 0 Å². The van der Waals surface area contributed by atoms with Crippen LogP contribution in [0.4, 0.5) is 0 Å². The molecule has 2 aromatic rings. The molecule has 0 bridgehead atoms. The molecule has 0 spiro atoms. The maximum atomic E-state index is 4.38. The van der Waals surface area contributed by atoms with Gasteiger partial charge in [-0.25, -0.2) is 9.97 Å². The number of hydrogen-bond acceptors (Lipinski definition) is 3. The third-order valence-corrected chi connectivity index (χ3v) is 2.76. The van der Waals surface area contributed by atoms with E-state index in [1.165, 1.54) is 0 Å². The van der Waals surface area contributed by atoms with Crippen molar-refractivity contribution in [1.82, 2.24) is 24.8 Å². The van der Waals surface area contributed by atoms with Gasteiger partial charge in [-0.05, 0) is 6.42 Å². The lowest BCUT2D eigenvalue weighted by atomic mass is 10.3. The van der Waals surface area contributed by atoms with E-state index in [9.17, 15) is 0 Å². The molecule has 0 saturated carbocycles. The van der Waals surface area contributed by atoms with Crippen molar-refractivity contribution in [3.8, 4) is 0 Å². The molecule has 18 heavy (non-hydrogen) atoms. The lowest BCUT2D eigenvalue weighted by Gasteiger charge is -2.04. The van der Waals surface area contributed by atoms with E-state index in [1.807, 2.05) is 12.5 Å². The highest BCUT2D eigenvalue weighted by molar-refractivity contribution is 4.96. The summed E-state index contributed by atoms with van der Waals surface area (Å²) in [5.74, 6) is 1.05. The molecular weight excluding hydrogens is 226 g/mol. The van der Waals surface area contributed by atoms with E-state index in [0.29, 0.717) is 6.04 Å². The highest BCUT2D eigenvalue weighted by Gasteiger charge is 2.00. The van der Waals surface area contributed by atoms with Crippen LogP contribution in [0.15, 0.2) is 24.9 Å². The molecule has 2 aromatic heterocycles. The van der Waals surface area contributed by atoms with E-state index in [4.69, 9.17) is 0 Å². The third-order valence-electron chi connectivity index (χ3n) is 2.76. The molecule has 2 heterocycles. The Hall–Kier alpha value is -1.62. The van der Waals surface area contributed by atoms with Crippen LogP contribution < -0.4 is 5.32 Å². The minimum Gasteiger partial charge on any atom is -0.349 e. The second kappa shape index (κ2) is 6.35. The van der Waals surface area contributed by atoms with E-state index < -0.39 is 0 Å². The Morgan fingerprint density at radius 1 is 1.39 bits per heavy atom. The second-order valence-corrected chi connectivity index (χ2v) is 4.78. The minimum absolute atomic E-state index is 0.495. The van der Waals surface area contributed by atoms with Crippen molar-refractivity contribution in [2.45, 2.75) is 45.8 Å². The Balaban J connectivity index is 1.73. The van der Waals surface area contributed by atoms with Crippen molar-refractivity contribution in [3.05, 3.63) is 36.4 Å². The number of imidazole rings is 2. The second-order valence-electron chi connectivity index (χ2n) is 4.78. The first-order valence-corrected chi connectivity index (χ1v) is 6.46. The van der Waals surface area contributed by atoms with E-state index in [-0.39, 0.29) is 0 Å². The van der Waals surface area contributed by atoms with Gasteiger partial charge >= 0.3 is 0 Å². The Bertz CT molecular complexity index is 444. The summed E-state index contributed by atoms with van der Waals surface area (Å²) in [7, 11) is 0. The summed E-state index contributed by atoms with van der Waals surface area (Å²) in [4.78, 5) is 11.7. The number of aromatic amines is 1. The van der Waals surface area contributed by atoms with Crippen LogP contribution in [0.3, 0.4) is 0 Å². The summed E-state index contributed by atoms with van der Waals surface area (Å²) in [6, 6.07) is 0.495. The van der Waals surface area contributed by atoms with Crippen molar-refractivity contribution in [2.24, 2.45) is 0 Å². The van der Waals surface area contributed by atoms with Gasteiger partial charge in [-0.2, -0.15) is 0 Å². The summed E-state index contributed by atoms with van der Waals surface area (Å²) < 4.78 is 2.14. The first kappa shape index (κ1) is 12.8. The van der Waals surface area contributed by atoms with Gasteiger partial charge in [0.05, 0.1) is 12.0 Å². The molecule has 2 rings (SSSR count). The molecule has 0 atom stereocenters. The normalized spacial score (nSPS) is 11.3. The molecule has 2 N–H and O–H groups in total. The fraction of sp³-hybridized carbons (Fsp3) is 0.538. The molecule has 5 heteroatoms. The average Bonchev–Trinajstić information content (AvgIpc) is 2.97. The number of nitrogens with zero attached hydrogens (tertiary/aromatic N) is 3. The maximum absolute atomic E-state index is 4.38. The SMILES string of the molecule is CC(C)NCc1cn(CCCc2ncc[nH]2)cn1. The molecule has 0 aliphatic carbocycles. The lowest BCUT2D eigenvalue weighted by molar-refractivity contribution is 0.581. The fourth-order valence-corrected chi connectivity index (χ4v) is 1.79. The lowest BCUT2D eigenvalue weighted by Crippen LogP contribution is -2.21. The zero-order valence-electron chi connectivity index (χ0n) is 11.1. The molecule has 0 aromatic carbocycles. The molecule has 0 unspecified atom stereocenters. The minimum atomic E-state index is 0.495. The van der Waals surface area contributed by atoms with Crippen LogP contribution in [0.2, 0.25) is 0 Å². The van der Waals surface area contributed by atoms with Gasteiger partial charge in [0.2, 0.25) is 0 Å². The predicted octanol–water partition coefficient (Wildman–Crippen LogP) is 1.74. The van der Waals surface area contributed by atoms with Gasteiger partial charge in [0.1, 0.15) is 5.82 Å². The maximum Gasteiger partial charge on any atom is 0.106 e. The molecule has 0 fully saturated rings. The first-order chi connectivity index (χ1) is 8.74. The summed E-state index contributed by atoms with van der Waals surface area (Å²) in [5, 5.41) is 3.36. The molecule has 0 aliphatic heterocycles. The van der Waals surface area contributed by atoms with Crippen LogP contribution in [0.25, 0.3) is 0 Å². The average molecular weight is 247 g/mol. The molecular formula is C13H21N5. The predicted molar refractivity (Wildman–Crippen MR) is 71.1 cm³/mol. The van der Waals surface area contributed by atoms with E-state index >= 15 is 0 Å². The van der Waals surface area contributed by atoms with Crippen LogP contribution in [0.5, 0.6) is 0 Å².